The van der Waals surface area contributed by atoms with Crippen LogP contribution in [-0.4, -0.2) is 18.9 Å². The number of para-hydroxylation sites is 1. The predicted molar refractivity (Wildman–Crippen MR) is 109 cm³/mol. The molecular formula is C23H22N2O2. The third-order valence-electron chi connectivity index (χ3n) is 4.46. The highest BCUT2D eigenvalue weighted by Gasteiger charge is 2.14. The number of rotatable bonds is 5. The van der Waals surface area contributed by atoms with Crippen LogP contribution in [0.25, 0.3) is 0 Å². The second-order valence-electron chi connectivity index (χ2n) is 6.28. The van der Waals surface area contributed by atoms with Crippen LogP contribution in [0, 0.1) is 0 Å². The summed E-state index contributed by atoms with van der Waals surface area (Å²) in [5.74, 6) is -0.321. The van der Waals surface area contributed by atoms with Gasteiger partial charge in [-0.1, -0.05) is 37.3 Å². The summed E-state index contributed by atoms with van der Waals surface area (Å²) in [6.07, 6.45) is 0.959. The van der Waals surface area contributed by atoms with Crippen molar-refractivity contribution in [1.29, 1.82) is 0 Å². The molecule has 3 aromatic carbocycles. The Labute approximate surface area is 159 Å². The van der Waals surface area contributed by atoms with Gasteiger partial charge in [0, 0.05) is 29.5 Å². The van der Waals surface area contributed by atoms with Gasteiger partial charge in [0.1, 0.15) is 0 Å². The molecule has 0 spiro atoms. The van der Waals surface area contributed by atoms with Gasteiger partial charge in [0.05, 0.1) is 0 Å². The molecule has 3 rings (SSSR count). The molecule has 0 heterocycles. The molecule has 0 unspecified atom stereocenters. The quantitative estimate of drug-likeness (QED) is 0.714. The molecule has 27 heavy (non-hydrogen) atoms. The molecule has 0 saturated carbocycles. The molecule has 0 aliphatic carbocycles. The number of nitrogens with one attached hydrogen (secondary N) is 1. The summed E-state index contributed by atoms with van der Waals surface area (Å²) in [6, 6.07) is 23.9. The largest absolute Gasteiger partial charge is 0.322 e. The summed E-state index contributed by atoms with van der Waals surface area (Å²) in [6.45, 7) is 2.09. The van der Waals surface area contributed by atoms with Crippen LogP contribution in [0.1, 0.15) is 33.2 Å². The number of aryl methyl sites for hydroxylation is 1. The standard InChI is InChI=1S/C23H22N2O2/c1-3-17-9-15-20(16-10-17)24-22(26)18-11-13-19(14-12-18)23(27)25(2)21-7-5-4-6-8-21/h4-16H,3H2,1-2H3,(H,24,26). The molecule has 4 nitrogen and oxygen atoms in total. The van der Waals surface area contributed by atoms with Gasteiger partial charge in [-0.2, -0.15) is 0 Å². The summed E-state index contributed by atoms with van der Waals surface area (Å²) in [5, 5.41) is 2.87. The van der Waals surface area contributed by atoms with E-state index in [-0.39, 0.29) is 11.8 Å². The van der Waals surface area contributed by atoms with Crippen molar-refractivity contribution in [3.8, 4) is 0 Å². The second-order valence-corrected chi connectivity index (χ2v) is 6.28. The third-order valence-corrected chi connectivity index (χ3v) is 4.46. The van der Waals surface area contributed by atoms with E-state index < -0.39 is 0 Å². The summed E-state index contributed by atoms with van der Waals surface area (Å²) >= 11 is 0. The SMILES string of the molecule is CCc1ccc(NC(=O)c2ccc(C(=O)N(C)c3ccccc3)cc2)cc1. The Bertz CT molecular complexity index is 917. The Morgan fingerprint density at radius 2 is 1.41 bits per heavy atom. The summed E-state index contributed by atoms with van der Waals surface area (Å²) < 4.78 is 0. The maximum Gasteiger partial charge on any atom is 0.258 e. The van der Waals surface area contributed by atoms with Crippen molar-refractivity contribution < 1.29 is 9.59 Å². The number of hydrogen-bond acceptors (Lipinski definition) is 2. The van der Waals surface area contributed by atoms with Crippen molar-refractivity contribution in [3.05, 3.63) is 95.6 Å². The van der Waals surface area contributed by atoms with Crippen LogP contribution >= 0.6 is 0 Å². The molecule has 136 valence electrons. The predicted octanol–water partition coefficient (Wildman–Crippen LogP) is 4.78. The fourth-order valence-corrected chi connectivity index (χ4v) is 2.75. The van der Waals surface area contributed by atoms with E-state index in [1.807, 2.05) is 54.6 Å². The van der Waals surface area contributed by atoms with Crippen LogP contribution in [-0.2, 0) is 6.42 Å². The number of carbonyl (C=O) groups excluding carboxylic acids is 2. The molecular weight excluding hydrogens is 336 g/mol. The normalized spacial score (nSPS) is 10.3. The number of anilines is 2. The molecule has 0 radical (unpaired) electrons. The van der Waals surface area contributed by atoms with Gasteiger partial charge in [-0.05, 0) is 60.5 Å². The molecule has 0 fully saturated rings. The Morgan fingerprint density at radius 3 is 2.00 bits per heavy atom. The highest BCUT2D eigenvalue weighted by Crippen LogP contribution is 2.16. The second kappa shape index (κ2) is 8.32. The highest BCUT2D eigenvalue weighted by molar-refractivity contribution is 6.08. The Kier molecular flexibility index (Phi) is 5.67. The number of carbonyl (C=O) groups is 2. The molecule has 2 amide bonds. The van der Waals surface area contributed by atoms with Crippen LogP contribution in [0.3, 0.4) is 0 Å². The maximum atomic E-state index is 12.6. The van der Waals surface area contributed by atoms with E-state index in [2.05, 4.69) is 12.2 Å². The van der Waals surface area contributed by atoms with Crippen molar-refractivity contribution in [3.63, 3.8) is 0 Å². The summed E-state index contributed by atoms with van der Waals surface area (Å²) in [5.41, 5.74) is 3.83. The molecule has 0 atom stereocenters. The molecule has 0 aliphatic rings. The minimum absolute atomic E-state index is 0.122. The minimum Gasteiger partial charge on any atom is -0.322 e. The maximum absolute atomic E-state index is 12.6. The average molecular weight is 358 g/mol. The lowest BCUT2D eigenvalue weighted by Crippen LogP contribution is -2.26. The smallest absolute Gasteiger partial charge is 0.258 e. The van der Waals surface area contributed by atoms with Crippen molar-refractivity contribution in [2.75, 3.05) is 17.3 Å². The van der Waals surface area contributed by atoms with Crippen LogP contribution in [0.15, 0.2) is 78.9 Å². The topological polar surface area (TPSA) is 49.4 Å². The Balaban J connectivity index is 1.68. The first-order valence-electron chi connectivity index (χ1n) is 8.92. The van der Waals surface area contributed by atoms with Gasteiger partial charge in [0.15, 0.2) is 0 Å². The van der Waals surface area contributed by atoms with E-state index in [1.54, 1.807) is 36.2 Å². The zero-order chi connectivity index (χ0) is 19.2. The summed E-state index contributed by atoms with van der Waals surface area (Å²) in [4.78, 5) is 26.6. The fraction of sp³-hybridized carbons (Fsp3) is 0.130. The van der Waals surface area contributed by atoms with Gasteiger partial charge in [0.25, 0.3) is 11.8 Å². The Morgan fingerprint density at radius 1 is 0.815 bits per heavy atom. The van der Waals surface area contributed by atoms with Crippen LogP contribution < -0.4 is 10.2 Å². The third kappa shape index (κ3) is 4.42. The number of amides is 2. The minimum atomic E-state index is -0.199. The van der Waals surface area contributed by atoms with E-state index in [0.717, 1.165) is 17.8 Å². The molecule has 4 heteroatoms. The molecule has 0 bridgehead atoms. The van der Waals surface area contributed by atoms with Crippen LogP contribution in [0.4, 0.5) is 11.4 Å². The van der Waals surface area contributed by atoms with E-state index in [4.69, 9.17) is 0 Å². The number of nitrogens with zero attached hydrogens (tertiary/aromatic N) is 1. The molecule has 0 aliphatic heterocycles. The molecule has 0 saturated heterocycles. The average Bonchev–Trinajstić information content (AvgIpc) is 2.74. The van der Waals surface area contributed by atoms with Crippen molar-refractivity contribution >= 4 is 23.2 Å². The zero-order valence-electron chi connectivity index (χ0n) is 15.5. The van der Waals surface area contributed by atoms with Gasteiger partial charge >= 0.3 is 0 Å². The zero-order valence-corrected chi connectivity index (χ0v) is 15.5. The molecule has 3 aromatic rings. The van der Waals surface area contributed by atoms with Crippen LogP contribution in [0.2, 0.25) is 0 Å². The van der Waals surface area contributed by atoms with E-state index in [9.17, 15) is 9.59 Å². The van der Waals surface area contributed by atoms with E-state index >= 15 is 0 Å². The van der Waals surface area contributed by atoms with Gasteiger partial charge < -0.3 is 10.2 Å². The lowest BCUT2D eigenvalue weighted by molar-refractivity contribution is 0.0989. The molecule has 1 N–H and O–H groups in total. The fourth-order valence-electron chi connectivity index (χ4n) is 2.75. The summed E-state index contributed by atoms with van der Waals surface area (Å²) in [7, 11) is 1.73. The first kappa shape index (κ1) is 18.4. The van der Waals surface area contributed by atoms with Gasteiger partial charge in [0.2, 0.25) is 0 Å². The first-order valence-corrected chi connectivity index (χ1v) is 8.92. The van der Waals surface area contributed by atoms with Crippen molar-refractivity contribution in [1.82, 2.24) is 0 Å². The lowest BCUT2D eigenvalue weighted by Gasteiger charge is -2.17. The lowest BCUT2D eigenvalue weighted by atomic mass is 10.1. The highest BCUT2D eigenvalue weighted by atomic mass is 16.2. The number of hydrogen-bond donors (Lipinski definition) is 1. The van der Waals surface area contributed by atoms with Crippen molar-refractivity contribution in [2.24, 2.45) is 0 Å². The molecule has 0 aromatic heterocycles. The van der Waals surface area contributed by atoms with E-state index in [0.29, 0.717) is 11.1 Å². The monoisotopic (exact) mass is 358 g/mol. The van der Waals surface area contributed by atoms with Gasteiger partial charge in [-0.15, -0.1) is 0 Å². The van der Waals surface area contributed by atoms with Gasteiger partial charge in [-0.3, -0.25) is 9.59 Å². The number of benzene rings is 3. The van der Waals surface area contributed by atoms with Crippen LogP contribution in [0.5, 0.6) is 0 Å². The van der Waals surface area contributed by atoms with Crippen molar-refractivity contribution in [2.45, 2.75) is 13.3 Å². The van der Waals surface area contributed by atoms with E-state index in [1.165, 1.54) is 5.56 Å². The Hall–Kier alpha value is -3.40. The first-order chi connectivity index (χ1) is 13.1. The van der Waals surface area contributed by atoms with Gasteiger partial charge in [-0.25, -0.2) is 0 Å².